The zero-order valence-electron chi connectivity index (χ0n) is 23.6. The minimum Gasteiger partial charge on any atom is -0.487 e. The summed E-state index contributed by atoms with van der Waals surface area (Å²) < 4.78 is 98.7. The van der Waals surface area contributed by atoms with Crippen LogP contribution in [-0.2, 0) is 26.2 Å². The van der Waals surface area contributed by atoms with Crippen molar-refractivity contribution in [1.82, 2.24) is 19.1 Å². The molecule has 2 aliphatic rings. The molecule has 18 heteroatoms. The number of pyridine rings is 1. The van der Waals surface area contributed by atoms with Crippen molar-refractivity contribution >= 4 is 22.0 Å². The van der Waals surface area contributed by atoms with E-state index in [-0.39, 0.29) is 17.0 Å². The number of rotatable bonds is 5. The first-order valence-electron chi connectivity index (χ1n) is 13.0. The van der Waals surface area contributed by atoms with Crippen LogP contribution in [0.15, 0.2) is 53.6 Å². The third-order valence-electron chi connectivity index (χ3n) is 6.35. The Balaban J connectivity index is 0.000000402. The second-order valence-electron chi connectivity index (χ2n) is 9.87. The van der Waals surface area contributed by atoms with Crippen molar-refractivity contribution in [2.45, 2.75) is 48.8 Å². The predicted molar refractivity (Wildman–Crippen MR) is 143 cm³/mol. The van der Waals surface area contributed by atoms with Gasteiger partial charge < -0.3 is 19.8 Å². The van der Waals surface area contributed by atoms with Gasteiger partial charge >= 0.3 is 24.3 Å². The Hall–Kier alpha value is -3.48. The van der Waals surface area contributed by atoms with Crippen LogP contribution in [0.2, 0.25) is 0 Å². The number of carboxylic acid groups (broad SMARTS) is 2. The summed E-state index contributed by atoms with van der Waals surface area (Å²) in [5, 5.41) is 14.2. The van der Waals surface area contributed by atoms with Gasteiger partial charge in [0.15, 0.2) is 0 Å². The highest BCUT2D eigenvalue weighted by molar-refractivity contribution is 7.89. The van der Waals surface area contributed by atoms with Crippen molar-refractivity contribution in [3.05, 3.63) is 54.4 Å². The molecule has 0 spiro atoms. The van der Waals surface area contributed by atoms with E-state index in [1.54, 1.807) is 22.5 Å². The van der Waals surface area contributed by atoms with Crippen LogP contribution < -0.4 is 4.74 Å². The summed E-state index contributed by atoms with van der Waals surface area (Å²) in [6, 6.07) is 12.8. The largest absolute Gasteiger partial charge is 0.490 e. The summed E-state index contributed by atoms with van der Waals surface area (Å²) in [5.74, 6) is -5.04. The molecule has 3 heterocycles. The molecule has 0 unspecified atom stereocenters. The number of hydrogen-bond acceptors (Lipinski definition) is 8. The molecule has 1 aromatic heterocycles. The molecule has 2 aromatic rings. The Kier molecular flexibility index (Phi) is 12.9. The Morgan fingerprint density at radius 2 is 1.50 bits per heavy atom. The topological polar surface area (TPSA) is 141 Å². The molecule has 4 rings (SSSR count). The van der Waals surface area contributed by atoms with Crippen LogP contribution in [0.5, 0.6) is 5.75 Å². The Bertz CT molecular complexity index is 1320. The van der Waals surface area contributed by atoms with Gasteiger partial charge in [0.1, 0.15) is 16.7 Å². The lowest BCUT2D eigenvalue weighted by molar-refractivity contribution is -0.193. The van der Waals surface area contributed by atoms with E-state index in [0.29, 0.717) is 18.8 Å². The third-order valence-corrected chi connectivity index (χ3v) is 8.31. The lowest BCUT2D eigenvalue weighted by atomic mass is 10.1. The van der Waals surface area contributed by atoms with Crippen LogP contribution >= 0.6 is 0 Å². The molecule has 0 saturated carbocycles. The van der Waals surface area contributed by atoms with Gasteiger partial charge in [0.2, 0.25) is 10.0 Å². The molecule has 2 N–H and O–H groups in total. The van der Waals surface area contributed by atoms with E-state index >= 15 is 0 Å². The number of fused-ring (bicyclic) bond motifs is 2. The molecule has 0 aliphatic carbocycles. The number of carbonyl (C=O) groups is 2. The molecule has 1 saturated heterocycles. The number of nitrogens with zero attached hydrogens (tertiary/aromatic N) is 4. The molecule has 11 nitrogen and oxygen atoms in total. The number of likely N-dealkylation sites (N-methyl/N-ethyl adjacent to an activating group) is 1. The number of carboxylic acids is 2. The Labute approximate surface area is 249 Å². The van der Waals surface area contributed by atoms with Crippen LogP contribution in [0.25, 0.3) is 0 Å². The van der Waals surface area contributed by atoms with E-state index in [4.69, 9.17) is 24.5 Å². The minimum atomic E-state index is -5.08. The molecule has 0 amide bonds. The van der Waals surface area contributed by atoms with Gasteiger partial charge in [-0.05, 0) is 51.2 Å². The van der Waals surface area contributed by atoms with Gasteiger partial charge in [-0.25, -0.2) is 18.0 Å². The molecule has 246 valence electrons. The van der Waals surface area contributed by atoms with Crippen molar-refractivity contribution in [2.75, 3.05) is 40.3 Å². The number of hydrogen-bond donors (Lipinski definition) is 2. The van der Waals surface area contributed by atoms with E-state index in [1.165, 1.54) is 0 Å². The lowest BCUT2D eigenvalue weighted by Gasteiger charge is -2.32. The zero-order valence-corrected chi connectivity index (χ0v) is 24.4. The number of halogens is 6. The lowest BCUT2D eigenvalue weighted by Crippen LogP contribution is -2.49. The molecule has 44 heavy (non-hydrogen) atoms. The number of alkyl halides is 6. The molecule has 2 aliphatic heterocycles. The number of aliphatic carboxylic acids is 2. The average Bonchev–Trinajstić information content (AvgIpc) is 3.15. The molecular formula is C26H32F6N4O7S. The maximum atomic E-state index is 13.6. The normalized spacial score (nSPS) is 20.2. The number of ether oxygens (including phenoxy) is 1. The van der Waals surface area contributed by atoms with Gasteiger partial charge in [-0.3, -0.25) is 9.88 Å². The van der Waals surface area contributed by atoms with Crippen molar-refractivity contribution in [3.8, 4) is 5.75 Å². The van der Waals surface area contributed by atoms with Crippen LogP contribution in [0, 0.1) is 0 Å². The number of likely N-dealkylation sites (tertiary alicyclic amines) is 1. The van der Waals surface area contributed by atoms with Gasteiger partial charge in [-0.1, -0.05) is 18.2 Å². The van der Waals surface area contributed by atoms with E-state index in [1.807, 2.05) is 49.5 Å². The van der Waals surface area contributed by atoms with E-state index in [2.05, 4.69) is 9.88 Å². The highest BCUT2D eigenvalue weighted by Crippen LogP contribution is 2.36. The van der Waals surface area contributed by atoms with Crippen molar-refractivity contribution in [3.63, 3.8) is 0 Å². The first kappa shape index (κ1) is 36.7. The summed E-state index contributed by atoms with van der Waals surface area (Å²) >= 11 is 0. The molecule has 1 fully saturated rings. The summed E-state index contributed by atoms with van der Waals surface area (Å²) in [4.78, 5) is 26.9. The summed E-state index contributed by atoms with van der Waals surface area (Å²) in [7, 11) is 0.306. The second kappa shape index (κ2) is 15.5. The fourth-order valence-corrected chi connectivity index (χ4v) is 6.07. The number of aromatic nitrogens is 1. The first-order valence-corrected chi connectivity index (χ1v) is 14.4. The first-order chi connectivity index (χ1) is 20.3. The Morgan fingerprint density at radius 1 is 0.955 bits per heavy atom. The molecule has 0 radical (unpaired) electrons. The van der Waals surface area contributed by atoms with Gasteiger partial charge in [0.25, 0.3) is 0 Å². The summed E-state index contributed by atoms with van der Waals surface area (Å²) in [6.07, 6.45) is -7.01. The van der Waals surface area contributed by atoms with Crippen LogP contribution in [0.1, 0.15) is 18.5 Å². The van der Waals surface area contributed by atoms with Crippen molar-refractivity contribution in [2.24, 2.45) is 0 Å². The standard InChI is InChI=1S/C22H30N4O3S.2C2HF3O2/c1-24(2)15-16-26-19-10-13-25(17-18-7-5-6-12-23-18)14-11-20(19)29-21-8-3-4-9-22(21)30(26,27)28;2*3-2(4,5)1(6)7/h3-9,12,19-20H,10-11,13-17H2,1-2H3;2*(H,6,7)/t19-,20-;;/m0../s1. The summed E-state index contributed by atoms with van der Waals surface area (Å²) in [6.45, 7) is 3.55. The predicted octanol–water partition coefficient (Wildman–Crippen LogP) is 3.33. The molecular weight excluding hydrogens is 626 g/mol. The monoisotopic (exact) mass is 658 g/mol. The molecule has 2 atom stereocenters. The average molecular weight is 659 g/mol. The van der Waals surface area contributed by atoms with Crippen molar-refractivity contribution < 1.29 is 59.3 Å². The maximum Gasteiger partial charge on any atom is 0.490 e. The smallest absolute Gasteiger partial charge is 0.487 e. The molecule has 0 bridgehead atoms. The number of sulfonamides is 1. The SMILES string of the molecule is CN(C)CCN1[C@H]2CCN(Cc3ccccn3)CC[C@@H]2Oc2ccccc2S1(=O)=O.O=C(O)C(F)(F)F.O=C(O)C(F)(F)F. The van der Waals surface area contributed by atoms with Crippen LogP contribution in [-0.4, -0.2) is 114 Å². The van der Waals surface area contributed by atoms with E-state index in [9.17, 15) is 34.8 Å². The van der Waals surface area contributed by atoms with Gasteiger partial charge in [-0.15, -0.1) is 0 Å². The maximum absolute atomic E-state index is 13.6. The highest BCUT2D eigenvalue weighted by Gasteiger charge is 2.43. The number of benzene rings is 1. The fourth-order valence-electron chi connectivity index (χ4n) is 4.27. The second-order valence-corrected chi connectivity index (χ2v) is 11.7. The van der Waals surface area contributed by atoms with Gasteiger partial charge in [0, 0.05) is 38.9 Å². The van der Waals surface area contributed by atoms with Crippen LogP contribution in [0.3, 0.4) is 0 Å². The Morgan fingerprint density at radius 3 is 2.02 bits per heavy atom. The zero-order chi connectivity index (χ0) is 33.3. The number of para-hydroxylation sites is 1. The molecule has 1 aromatic carbocycles. The van der Waals surface area contributed by atoms with E-state index in [0.717, 1.165) is 38.2 Å². The van der Waals surface area contributed by atoms with Crippen LogP contribution in [0.4, 0.5) is 26.3 Å². The summed E-state index contributed by atoms with van der Waals surface area (Å²) in [5.41, 5.74) is 1.03. The fraction of sp³-hybridized carbons (Fsp3) is 0.500. The van der Waals surface area contributed by atoms with Gasteiger partial charge in [0.05, 0.1) is 11.7 Å². The minimum absolute atomic E-state index is 0.167. The third kappa shape index (κ3) is 10.9. The quantitative estimate of drug-likeness (QED) is 0.460. The van der Waals surface area contributed by atoms with E-state index < -0.39 is 34.3 Å². The van der Waals surface area contributed by atoms with Crippen molar-refractivity contribution in [1.29, 1.82) is 0 Å². The van der Waals surface area contributed by atoms with Gasteiger partial charge in [-0.2, -0.15) is 30.6 Å². The highest BCUT2D eigenvalue weighted by atomic mass is 32.2.